The maximum Gasteiger partial charge on any atom is 0.407 e. The summed E-state index contributed by atoms with van der Waals surface area (Å²) in [6.07, 6.45) is 1.61. The SMILES string of the molecule is C#CCNC(=O)OC[C@H]1OCC(O)C1O. The van der Waals surface area contributed by atoms with Gasteiger partial charge in [-0.3, -0.25) is 0 Å². The number of carbonyl (C=O) groups is 1. The first-order valence-electron chi connectivity index (χ1n) is 4.47. The second-order valence-corrected chi connectivity index (χ2v) is 3.09. The summed E-state index contributed by atoms with van der Waals surface area (Å²) in [6, 6.07) is 0. The van der Waals surface area contributed by atoms with Crippen LogP contribution in [0.2, 0.25) is 0 Å². The second-order valence-electron chi connectivity index (χ2n) is 3.09. The van der Waals surface area contributed by atoms with Crippen molar-refractivity contribution < 1.29 is 24.5 Å². The van der Waals surface area contributed by atoms with Gasteiger partial charge in [-0.25, -0.2) is 4.79 Å². The minimum absolute atomic E-state index is 0.0428. The van der Waals surface area contributed by atoms with E-state index < -0.39 is 24.4 Å². The molecule has 1 saturated heterocycles. The third-order valence-electron chi connectivity index (χ3n) is 1.97. The molecule has 6 heteroatoms. The minimum Gasteiger partial charge on any atom is -0.447 e. The molecule has 0 saturated carbocycles. The molecule has 1 rings (SSSR count). The summed E-state index contributed by atoms with van der Waals surface area (Å²) in [5, 5.41) is 20.7. The molecule has 6 nitrogen and oxygen atoms in total. The van der Waals surface area contributed by atoms with Crippen LogP contribution >= 0.6 is 0 Å². The van der Waals surface area contributed by atoms with Gasteiger partial charge >= 0.3 is 6.09 Å². The maximum atomic E-state index is 10.9. The van der Waals surface area contributed by atoms with Gasteiger partial charge in [0.25, 0.3) is 0 Å². The largest absolute Gasteiger partial charge is 0.447 e. The van der Waals surface area contributed by atoms with E-state index >= 15 is 0 Å². The van der Waals surface area contributed by atoms with Crippen LogP contribution in [0.15, 0.2) is 0 Å². The molecule has 1 amide bonds. The van der Waals surface area contributed by atoms with Gasteiger partial charge in [-0.15, -0.1) is 6.42 Å². The average molecular weight is 215 g/mol. The van der Waals surface area contributed by atoms with Crippen molar-refractivity contribution in [2.45, 2.75) is 18.3 Å². The fourth-order valence-electron chi connectivity index (χ4n) is 1.15. The Bertz CT molecular complexity index is 262. The molecule has 1 aliphatic heterocycles. The van der Waals surface area contributed by atoms with Crippen LogP contribution in [-0.4, -0.2) is 54.4 Å². The van der Waals surface area contributed by atoms with E-state index in [4.69, 9.17) is 21.0 Å². The van der Waals surface area contributed by atoms with Gasteiger partial charge < -0.3 is 25.0 Å². The molecule has 3 atom stereocenters. The Kier molecular flexibility index (Phi) is 4.37. The second kappa shape index (κ2) is 5.56. The Morgan fingerprint density at radius 3 is 2.93 bits per heavy atom. The molecule has 0 aromatic heterocycles. The molecule has 0 spiro atoms. The first-order valence-corrected chi connectivity index (χ1v) is 4.47. The number of amides is 1. The number of carbonyl (C=O) groups excluding carboxylic acids is 1. The zero-order valence-corrected chi connectivity index (χ0v) is 8.05. The monoisotopic (exact) mass is 215 g/mol. The van der Waals surface area contributed by atoms with Gasteiger partial charge in [0, 0.05) is 0 Å². The number of rotatable bonds is 3. The third kappa shape index (κ3) is 3.40. The van der Waals surface area contributed by atoms with Crippen molar-refractivity contribution >= 4 is 6.09 Å². The van der Waals surface area contributed by atoms with E-state index in [-0.39, 0.29) is 19.8 Å². The van der Waals surface area contributed by atoms with Crippen LogP contribution in [0.3, 0.4) is 0 Å². The summed E-state index contributed by atoms with van der Waals surface area (Å²) >= 11 is 0. The Morgan fingerprint density at radius 1 is 1.67 bits per heavy atom. The number of aliphatic hydroxyl groups excluding tert-OH is 2. The molecule has 3 N–H and O–H groups in total. The van der Waals surface area contributed by atoms with E-state index in [1.165, 1.54) is 0 Å². The number of nitrogens with one attached hydrogen (secondary N) is 1. The van der Waals surface area contributed by atoms with Gasteiger partial charge in [0.05, 0.1) is 13.2 Å². The van der Waals surface area contributed by atoms with E-state index in [0.717, 1.165) is 0 Å². The predicted molar refractivity (Wildman–Crippen MR) is 49.9 cm³/mol. The van der Waals surface area contributed by atoms with Crippen LogP contribution in [0.4, 0.5) is 4.79 Å². The smallest absolute Gasteiger partial charge is 0.407 e. The molecule has 0 aromatic carbocycles. The molecule has 0 radical (unpaired) electrons. The average Bonchev–Trinajstić information content (AvgIpc) is 2.54. The number of hydrogen-bond donors (Lipinski definition) is 3. The maximum absolute atomic E-state index is 10.9. The molecule has 0 aromatic rings. The van der Waals surface area contributed by atoms with Crippen LogP contribution < -0.4 is 5.32 Å². The van der Waals surface area contributed by atoms with Gasteiger partial charge in [-0.1, -0.05) is 5.92 Å². The molecule has 1 fully saturated rings. The van der Waals surface area contributed by atoms with Crippen molar-refractivity contribution in [2.24, 2.45) is 0 Å². The number of ether oxygens (including phenoxy) is 2. The first kappa shape index (κ1) is 11.8. The lowest BCUT2D eigenvalue weighted by Gasteiger charge is -2.14. The van der Waals surface area contributed by atoms with Crippen LogP contribution in [-0.2, 0) is 9.47 Å². The fourth-order valence-corrected chi connectivity index (χ4v) is 1.15. The van der Waals surface area contributed by atoms with Crippen molar-refractivity contribution in [1.82, 2.24) is 5.32 Å². The number of alkyl carbamates (subject to hydrolysis) is 1. The van der Waals surface area contributed by atoms with Crippen molar-refractivity contribution in [1.29, 1.82) is 0 Å². The number of terminal acetylenes is 1. The summed E-state index contributed by atoms with van der Waals surface area (Å²) in [4.78, 5) is 10.9. The molecular weight excluding hydrogens is 202 g/mol. The zero-order valence-electron chi connectivity index (χ0n) is 8.05. The van der Waals surface area contributed by atoms with Gasteiger partial charge in [-0.05, 0) is 0 Å². The first-order chi connectivity index (χ1) is 7.15. The summed E-state index contributed by atoms with van der Waals surface area (Å²) in [5.74, 6) is 2.21. The number of hydrogen-bond acceptors (Lipinski definition) is 5. The van der Waals surface area contributed by atoms with E-state index in [1.54, 1.807) is 0 Å². The van der Waals surface area contributed by atoms with Crippen LogP contribution in [0.5, 0.6) is 0 Å². The van der Waals surface area contributed by atoms with Gasteiger partial charge in [0.15, 0.2) is 0 Å². The normalized spacial score (nSPS) is 29.5. The highest BCUT2D eigenvalue weighted by atomic mass is 16.6. The van der Waals surface area contributed by atoms with Crippen molar-refractivity contribution in [3.05, 3.63) is 0 Å². The van der Waals surface area contributed by atoms with Crippen molar-refractivity contribution in [2.75, 3.05) is 19.8 Å². The van der Waals surface area contributed by atoms with Crippen LogP contribution in [0.25, 0.3) is 0 Å². The molecule has 0 aliphatic carbocycles. The van der Waals surface area contributed by atoms with E-state index in [0.29, 0.717) is 0 Å². The highest BCUT2D eigenvalue weighted by Gasteiger charge is 2.35. The number of aliphatic hydroxyl groups is 2. The molecule has 1 heterocycles. The van der Waals surface area contributed by atoms with E-state index in [2.05, 4.69) is 11.2 Å². The van der Waals surface area contributed by atoms with E-state index in [1.807, 2.05) is 0 Å². The lowest BCUT2D eigenvalue weighted by atomic mass is 10.2. The van der Waals surface area contributed by atoms with Crippen molar-refractivity contribution in [3.8, 4) is 12.3 Å². The molecule has 2 unspecified atom stereocenters. The standard InChI is InChI=1S/C9H13NO5/c1-2-3-10-9(13)15-5-7-8(12)6(11)4-14-7/h1,6-8,11-12H,3-5H2,(H,10,13)/t6?,7-,8?/m1/s1. The van der Waals surface area contributed by atoms with Gasteiger partial charge in [0.1, 0.15) is 24.9 Å². The molecule has 84 valence electrons. The van der Waals surface area contributed by atoms with Gasteiger partial charge in [0.2, 0.25) is 0 Å². The molecule has 1 aliphatic rings. The Balaban J connectivity index is 2.20. The summed E-state index contributed by atoms with van der Waals surface area (Å²) in [6.45, 7) is 0.00529. The van der Waals surface area contributed by atoms with Gasteiger partial charge in [-0.2, -0.15) is 0 Å². The van der Waals surface area contributed by atoms with Crippen molar-refractivity contribution in [3.63, 3.8) is 0 Å². The molecule has 0 bridgehead atoms. The lowest BCUT2D eigenvalue weighted by Crippen LogP contribution is -2.35. The predicted octanol–water partition coefficient (Wildman–Crippen LogP) is -1.53. The fraction of sp³-hybridized carbons (Fsp3) is 0.667. The quantitative estimate of drug-likeness (QED) is 0.497. The molecule has 15 heavy (non-hydrogen) atoms. The lowest BCUT2D eigenvalue weighted by molar-refractivity contribution is -0.0112. The summed E-state index contributed by atoms with van der Waals surface area (Å²) in [7, 11) is 0. The Labute approximate surface area is 87.2 Å². The van der Waals surface area contributed by atoms with Crippen LogP contribution in [0, 0.1) is 12.3 Å². The topological polar surface area (TPSA) is 88.0 Å². The molecular formula is C9H13NO5. The Morgan fingerprint density at radius 2 is 2.40 bits per heavy atom. The Hall–Kier alpha value is -1.29. The summed E-state index contributed by atoms with van der Waals surface area (Å²) in [5.41, 5.74) is 0. The highest BCUT2D eigenvalue weighted by molar-refractivity contribution is 5.67. The van der Waals surface area contributed by atoms with E-state index in [9.17, 15) is 9.90 Å². The third-order valence-corrected chi connectivity index (χ3v) is 1.97. The minimum atomic E-state index is -1.02. The zero-order chi connectivity index (χ0) is 11.3. The summed E-state index contributed by atoms with van der Waals surface area (Å²) < 4.78 is 9.69. The highest BCUT2D eigenvalue weighted by Crippen LogP contribution is 2.14. The van der Waals surface area contributed by atoms with Crippen LogP contribution in [0.1, 0.15) is 0 Å².